The third kappa shape index (κ3) is 3.81. The van der Waals surface area contributed by atoms with Gasteiger partial charge in [0.25, 0.3) is 0 Å². The number of pyridine rings is 1. The summed E-state index contributed by atoms with van der Waals surface area (Å²) in [6, 6.07) is 12.0. The van der Waals surface area contributed by atoms with Crippen LogP contribution in [0.5, 0.6) is 0 Å². The molecular weight excluding hydrogens is 248 g/mol. The average molecular weight is 270 g/mol. The minimum Gasteiger partial charge on any atom is -0.392 e. The van der Waals surface area contributed by atoms with Crippen LogP contribution in [0.3, 0.4) is 0 Å². The molecule has 0 atom stereocenters. The van der Waals surface area contributed by atoms with Gasteiger partial charge < -0.3 is 10.4 Å². The molecule has 0 saturated heterocycles. The molecule has 0 radical (unpaired) electrons. The summed E-state index contributed by atoms with van der Waals surface area (Å²) in [5, 5.41) is 12.3. The molecular formula is C17H22N2O. The summed E-state index contributed by atoms with van der Waals surface area (Å²) in [6.45, 7) is 7.36. The number of hydrogen-bond donors (Lipinski definition) is 2. The molecule has 3 heteroatoms. The van der Waals surface area contributed by atoms with Crippen LogP contribution in [0.2, 0.25) is 0 Å². The van der Waals surface area contributed by atoms with Crippen LogP contribution in [0.4, 0.5) is 5.82 Å². The van der Waals surface area contributed by atoms with Crippen LogP contribution < -0.4 is 5.32 Å². The fraction of sp³-hybridized carbons (Fsp3) is 0.353. The van der Waals surface area contributed by atoms with Crippen molar-refractivity contribution in [1.29, 1.82) is 0 Å². The summed E-state index contributed by atoms with van der Waals surface area (Å²) in [5.74, 6) is 0.879. The second-order valence-corrected chi connectivity index (χ2v) is 6.01. The standard InChI is InChI=1S/C17H22N2O/c1-17(2,3)15-8-9-16(19-11-15)18-10-13-4-6-14(12-20)7-5-13/h4-9,11,20H,10,12H2,1-3H3,(H,18,19). The van der Waals surface area contributed by atoms with Gasteiger partial charge in [-0.05, 0) is 28.2 Å². The second-order valence-electron chi connectivity index (χ2n) is 6.01. The first-order chi connectivity index (χ1) is 9.49. The SMILES string of the molecule is CC(C)(C)c1ccc(NCc2ccc(CO)cc2)nc1. The first-order valence-corrected chi connectivity index (χ1v) is 6.88. The Kier molecular flexibility index (Phi) is 4.40. The van der Waals surface area contributed by atoms with E-state index < -0.39 is 0 Å². The lowest BCUT2D eigenvalue weighted by atomic mass is 9.88. The number of aliphatic hydroxyl groups is 1. The highest BCUT2D eigenvalue weighted by molar-refractivity contribution is 5.38. The number of nitrogens with one attached hydrogen (secondary N) is 1. The maximum atomic E-state index is 9.00. The molecule has 106 valence electrons. The molecule has 0 saturated carbocycles. The third-order valence-electron chi connectivity index (χ3n) is 3.31. The minimum absolute atomic E-state index is 0.0868. The smallest absolute Gasteiger partial charge is 0.126 e. The van der Waals surface area contributed by atoms with Gasteiger partial charge in [-0.3, -0.25) is 0 Å². The van der Waals surface area contributed by atoms with Crippen LogP contribution in [0, 0.1) is 0 Å². The topological polar surface area (TPSA) is 45.1 Å². The van der Waals surface area contributed by atoms with Gasteiger partial charge in [0, 0.05) is 12.7 Å². The van der Waals surface area contributed by atoms with E-state index in [-0.39, 0.29) is 12.0 Å². The Morgan fingerprint density at radius 1 is 1.00 bits per heavy atom. The van der Waals surface area contributed by atoms with Gasteiger partial charge in [-0.15, -0.1) is 0 Å². The normalized spacial score (nSPS) is 11.4. The predicted molar refractivity (Wildman–Crippen MR) is 82.6 cm³/mol. The Labute approximate surface area is 120 Å². The molecule has 0 bridgehead atoms. The van der Waals surface area contributed by atoms with Gasteiger partial charge in [-0.25, -0.2) is 4.98 Å². The van der Waals surface area contributed by atoms with E-state index in [0.29, 0.717) is 0 Å². The molecule has 1 heterocycles. The minimum atomic E-state index is 0.0868. The largest absolute Gasteiger partial charge is 0.392 e. The van der Waals surface area contributed by atoms with Crippen molar-refractivity contribution < 1.29 is 5.11 Å². The molecule has 20 heavy (non-hydrogen) atoms. The molecule has 0 spiro atoms. The molecule has 3 nitrogen and oxygen atoms in total. The van der Waals surface area contributed by atoms with E-state index in [1.54, 1.807) is 0 Å². The Hall–Kier alpha value is -1.87. The summed E-state index contributed by atoms with van der Waals surface area (Å²) < 4.78 is 0. The van der Waals surface area contributed by atoms with Crippen molar-refractivity contribution >= 4 is 5.82 Å². The Balaban J connectivity index is 1.96. The highest BCUT2D eigenvalue weighted by Gasteiger charge is 2.13. The number of benzene rings is 1. The highest BCUT2D eigenvalue weighted by Crippen LogP contribution is 2.22. The van der Waals surface area contributed by atoms with Crippen molar-refractivity contribution in [3.63, 3.8) is 0 Å². The van der Waals surface area contributed by atoms with Crippen molar-refractivity contribution in [3.8, 4) is 0 Å². The van der Waals surface area contributed by atoms with Crippen LogP contribution in [0.25, 0.3) is 0 Å². The molecule has 0 fully saturated rings. The number of aromatic nitrogens is 1. The fourth-order valence-electron chi connectivity index (χ4n) is 1.90. The quantitative estimate of drug-likeness (QED) is 0.894. The average Bonchev–Trinajstić information content (AvgIpc) is 2.45. The first-order valence-electron chi connectivity index (χ1n) is 6.88. The Bertz CT molecular complexity index is 539. The zero-order valence-electron chi connectivity index (χ0n) is 12.4. The van der Waals surface area contributed by atoms with E-state index in [4.69, 9.17) is 5.11 Å². The number of aliphatic hydroxyl groups excluding tert-OH is 1. The lowest BCUT2D eigenvalue weighted by Crippen LogP contribution is -2.11. The summed E-state index contributed by atoms with van der Waals surface area (Å²) in [6.07, 6.45) is 1.93. The van der Waals surface area contributed by atoms with E-state index in [1.165, 1.54) is 11.1 Å². The molecule has 0 aliphatic rings. The monoisotopic (exact) mass is 270 g/mol. The van der Waals surface area contributed by atoms with Crippen LogP contribution in [-0.4, -0.2) is 10.1 Å². The number of hydrogen-bond acceptors (Lipinski definition) is 3. The van der Waals surface area contributed by atoms with Gasteiger partial charge in [-0.1, -0.05) is 51.1 Å². The Morgan fingerprint density at radius 3 is 2.15 bits per heavy atom. The van der Waals surface area contributed by atoms with Gasteiger partial charge in [0.2, 0.25) is 0 Å². The van der Waals surface area contributed by atoms with Crippen LogP contribution in [-0.2, 0) is 18.6 Å². The van der Waals surface area contributed by atoms with Gasteiger partial charge in [0.1, 0.15) is 5.82 Å². The summed E-state index contributed by atoms with van der Waals surface area (Å²) in [4.78, 5) is 4.44. The predicted octanol–water partition coefficient (Wildman–Crippen LogP) is 3.48. The van der Waals surface area contributed by atoms with E-state index in [1.807, 2.05) is 36.5 Å². The maximum absolute atomic E-state index is 9.00. The van der Waals surface area contributed by atoms with E-state index in [9.17, 15) is 0 Å². The molecule has 2 rings (SSSR count). The molecule has 1 aromatic heterocycles. The third-order valence-corrected chi connectivity index (χ3v) is 3.31. The van der Waals surface area contributed by atoms with Crippen molar-refractivity contribution in [3.05, 3.63) is 59.3 Å². The van der Waals surface area contributed by atoms with E-state index >= 15 is 0 Å². The molecule has 2 aromatic rings. The van der Waals surface area contributed by atoms with Crippen LogP contribution >= 0.6 is 0 Å². The van der Waals surface area contributed by atoms with Crippen LogP contribution in [0.15, 0.2) is 42.6 Å². The zero-order chi connectivity index (χ0) is 14.6. The Morgan fingerprint density at radius 2 is 1.65 bits per heavy atom. The van der Waals surface area contributed by atoms with E-state index in [2.05, 4.69) is 37.1 Å². The molecule has 0 aliphatic carbocycles. The van der Waals surface area contributed by atoms with Crippen molar-refractivity contribution in [1.82, 2.24) is 4.98 Å². The molecule has 1 aromatic carbocycles. The van der Waals surface area contributed by atoms with Gasteiger partial charge in [0.15, 0.2) is 0 Å². The molecule has 0 unspecified atom stereocenters. The van der Waals surface area contributed by atoms with Crippen molar-refractivity contribution in [2.75, 3.05) is 5.32 Å². The van der Waals surface area contributed by atoms with Crippen molar-refractivity contribution in [2.24, 2.45) is 0 Å². The van der Waals surface area contributed by atoms with Crippen LogP contribution in [0.1, 0.15) is 37.5 Å². The zero-order valence-corrected chi connectivity index (χ0v) is 12.4. The number of nitrogens with zero attached hydrogens (tertiary/aromatic N) is 1. The summed E-state index contributed by atoms with van der Waals surface area (Å²) >= 11 is 0. The maximum Gasteiger partial charge on any atom is 0.126 e. The highest BCUT2D eigenvalue weighted by atomic mass is 16.3. The second kappa shape index (κ2) is 6.06. The molecule has 0 aliphatic heterocycles. The molecule has 2 N–H and O–H groups in total. The van der Waals surface area contributed by atoms with Gasteiger partial charge in [0.05, 0.1) is 6.61 Å². The summed E-state index contributed by atoms with van der Waals surface area (Å²) in [5.41, 5.74) is 3.46. The van der Waals surface area contributed by atoms with Crippen molar-refractivity contribution in [2.45, 2.75) is 39.3 Å². The number of rotatable bonds is 4. The first kappa shape index (κ1) is 14.5. The van der Waals surface area contributed by atoms with Gasteiger partial charge in [-0.2, -0.15) is 0 Å². The number of anilines is 1. The van der Waals surface area contributed by atoms with Gasteiger partial charge >= 0.3 is 0 Å². The van der Waals surface area contributed by atoms with E-state index in [0.717, 1.165) is 17.9 Å². The lowest BCUT2D eigenvalue weighted by molar-refractivity contribution is 0.282. The lowest BCUT2D eigenvalue weighted by Gasteiger charge is -2.18. The fourth-order valence-corrected chi connectivity index (χ4v) is 1.90. The molecule has 0 amide bonds. The summed E-state index contributed by atoms with van der Waals surface area (Å²) in [7, 11) is 0.